The van der Waals surface area contributed by atoms with Gasteiger partial charge in [0.05, 0.1) is 5.60 Å². The Morgan fingerprint density at radius 3 is 2.90 bits per heavy atom. The van der Waals surface area contributed by atoms with Crippen LogP contribution in [0.2, 0.25) is 0 Å². The molecule has 2 heterocycles. The molecule has 1 aromatic rings. The average Bonchev–Trinajstić information content (AvgIpc) is 2.39. The number of hydrogen-bond acceptors (Lipinski definition) is 5. The molecule has 0 bridgehead atoms. The second kappa shape index (κ2) is 6.30. The van der Waals surface area contributed by atoms with Crippen LogP contribution in [0.4, 0.5) is 0 Å². The van der Waals surface area contributed by atoms with Crippen molar-refractivity contribution >= 4 is 5.84 Å². The third-order valence-electron chi connectivity index (χ3n) is 3.57. The Hall–Kier alpha value is -1.50. The Balaban J connectivity index is 2.01. The van der Waals surface area contributed by atoms with Crippen LogP contribution in [0.3, 0.4) is 0 Å². The lowest BCUT2D eigenvalue weighted by molar-refractivity contribution is -0.0777. The Bertz CT molecular complexity index is 472. The van der Waals surface area contributed by atoms with Gasteiger partial charge in [-0.2, -0.15) is 0 Å². The fourth-order valence-corrected chi connectivity index (χ4v) is 2.57. The number of pyridine rings is 1. The Morgan fingerprint density at radius 1 is 1.55 bits per heavy atom. The molecule has 2 rings (SSSR count). The molecule has 1 aliphatic rings. The first-order chi connectivity index (χ1) is 9.50. The first kappa shape index (κ1) is 14.9. The number of ether oxygens (including phenoxy) is 1. The van der Waals surface area contributed by atoms with Gasteiger partial charge in [-0.3, -0.25) is 15.3 Å². The van der Waals surface area contributed by atoms with Crippen LogP contribution in [0.15, 0.2) is 18.3 Å². The molecule has 0 radical (unpaired) electrons. The van der Waals surface area contributed by atoms with Crippen LogP contribution in [0.5, 0.6) is 0 Å². The number of likely N-dealkylation sites (N-methyl/N-ethyl adjacent to an activating group) is 1. The molecule has 1 saturated heterocycles. The molecule has 1 aromatic heterocycles. The molecular weight excluding hydrogens is 256 g/mol. The molecular formula is C14H22N4O2. The van der Waals surface area contributed by atoms with Gasteiger partial charge in [0.25, 0.3) is 0 Å². The molecule has 4 N–H and O–H groups in total. The van der Waals surface area contributed by atoms with Gasteiger partial charge >= 0.3 is 0 Å². The predicted molar refractivity (Wildman–Crippen MR) is 76.6 cm³/mol. The number of hydrogen-bond donors (Lipinski definition) is 3. The maximum Gasteiger partial charge on any atom is 0.142 e. The van der Waals surface area contributed by atoms with Gasteiger partial charge in [-0.15, -0.1) is 0 Å². The van der Waals surface area contributed by atoms with Gasteiger partial charge in [0.15, 0.2) is 0 Å². The van der Waals surface area contributed by atoms with E-state index in [1.165, 1.54) is 0 Å². The van der Waals surface area contributed by atoms with Gasteiger partial charge in [0, 0.05) is 45.3 Å². The monoisotopic (exact) mass is 278 g/mol. The van der Waals surface area contributed by atoms with E-state index in [4.69, 9.17) is 15.9 Å². The molecule has 6 nitrogen and oxygen atoms in total. The first-order valence-corrected chi connectivity index (χ1v) is 6.77. The first-order valence-electron chi connectivity index (χ1n) is 6.77. The Morgan fingerprint density at radius 2 is 2.25 bits per heavy atom. The van der Waals surface area contributed by atoms with E-state index in [9.17, 15) is 5.11 Å². The van der Waals surface area contributed by atoms with Crippen molar-refractivity contribution in [2.75, 3.05) is 26.8 Å². The zero-order valence-corrected chi connectivity index (χ0v) is 11.8. The van der Waals surface area contributed by atoms with Crippen molar-refractivity contribution in [3.63, 3.8) is 0 Å². The van der Waals surface area contributed by atoms with Crippen LogP contribution in [-0.4, -0.2) is 53.2 Å². The van der Waals surface area contributed by atoms with Gasteiger partial charge in [0.1, 0.15) is 11.5 Å². The van der Waals surface area contributed by atoms with E-state index in [0.29, 0.717) is 44.8 Å². The number of nitrogens with zero attached hydrogens (tertiary/aromatic N) is 2. The molecule has 0 unspecified atom stereocenters. The minimum absolute atomic E-state index is 0.0289. The highest BCUT2D eigenvalue weighted by atomic mass is 16.5. The second-order valence-corrected chi connectivity index (χ2v) is 5.43. The lowest BCUT2D eigenvalue weighted by Gasteiger charge is -2.35. The minimum atomic E-state index is -0.689. The van der Waals surface area contributed by atoms with Crippen molar-refractivity contribution in [2.24, 2.45) is 5.73 Å². The molecule has 1 aliphatic heterocycles. The van der Waals surface area contributed by atoms with Gasteiger partial charge in [-0.25, -0.2) is 0 Å². The molecule has 0 aliphatic carbocycles. The summed E-state index contributed by atoms with van der Waals surface area (Å²) < 4.78 is 5.28. The van der Waals surface area contributed by atoms with Gasteiger partial charge in [-0.1, -0.05) is 6.07 Å². The minimum Gasteiger partial charge on any atom is -0.388 e. The zero-order valence-electron chi connectivity index (χ0n) is 11.8. The molecule has 6 heteroatoms. The normalized spacial score (nSPS) is 18.1. The van der Waals surface area contributed by atoms with Crippen molar-refractivity contribution in [3.8, 4) is 0 Å². The van der Waals surface area contributed by atoms with Gasteiger partial charge < -0.3 is 15.6 Å². The van der Waals surface area contributed by atoms with Gasteiger partial charge in [0.2, 0.25) is 0 Å². The summed E-state index contributed by atoms with van der Waals surface area (Å²) >= 11 is 0. The maximum absolute atomic E-state index is 10.5. The number of amidine groups is 1. The number of aromatic nitrogens is 1. The van der Waals surface area contributed by atoms with Gasteiger partial charge in [-0.05, 0) is 18.7 Å². The smallest absolute Gasteiger partial charge is 0.142 e. The summed E-state index contributed by atoms with van der Waals surface area (Å²) in [5, 5.41) is 18.0. The van der Waals surface area contributed by atoms with Crippen LogP contribution in [0.25, 0.3) is 0 Å². The van der Waals surface area contributed by atoms with E-state index in [1.54, 1.807) is 6.20 Å². The molecule has 0 atom stereocenters. The molecule has 1 fully saturated rings. The molecule has 110 valence electrons. The summed E-state index contributed by atoms with van der Waals surface area (Å²) in [6.07, 6.45) is 2.94. The highest BCUT2D eigenvalue weighted by Crippen LogP contribution is 2.22. The van der Waals surface area contributed by atoms with Crippen LogP contribution < -0.4 is 5.73 Å². The molecule has 0 saturated carbocycles. The van der Waals surface area contributed by atoms with E-state index in [0.717, 1.165) is 5.56 Å². The topological polar surface area (TPSA) is 95.5 Å². The highest BCUT2D eigenvalue weighted by Gasteiger charge is 2.31. The summed E-state index contributed by atoms with van der Waals surface area (Å²) in [6.45, 7) is 2.39. The predicted octanol–water partition coefficient (Wildman–Crippen LogP) is 0.339. The second-order valence-electron chi connectivity index (χ2n) is 5.43. The average molecular weight is 278 g/mol. The fourth-order valence-electron chi connectivity index (χ4n) is 2.57. The Kier molecular flexibility index (Phi) is 4.69. The lowest BCUT2D eigenvalue weighted by atomic mass is 9.94. The summed E-state index contributed by atoms with van der Waals surface area (Å²) in [6, 6.07) is 3.74. The van der Waals surface area contributed by atoms with Crippen LogP contribution in [0, 0.1) is 5.41 Å². The van der Waals surface area contributed by atoms with E-state index in [-0.39, 0.29) is 5.84 Å². The molecule has 0 amide bonds. The van der Waals surface area contributed by atoms with Crippen molar-refractivity contribution < 1.29 is 9.84 Å². The standard InChI is InChI=1S/C14H22N4O2/c1-18(10-14(19)4-7-20-8-5-14)9-11-3-2-6-17-12(11)13(15)16/h2-3,6,19H,4-5,7-10H2,1H3,(H3,15,16). The van der Waals surface area contributed by atoms with E-state index in [1.807, 2.05) is 24.1 Å². The molecule has 0 spiro atoms. The largest absolute Gasteiger partial charge is 0.388 e. The zero-order chi connectivity index (χ0) is 14.6. The molecule has 0 aromatic carbocycles. The van der Waals surface area contributed by atoms with Crippen LogP contribution in [0.1, 0.15) is 24.1 Å². The number of nitrogens with two attached hydrogens (primary N) is 1. The highest BCUT2D eigenvalue weighted by molar-refractivity contribution is 5.94. The summed E-state index contributed by atoms with van der Waals surface area (Å²) in [7, 11) is 1.95. The quantitative estimate of drug-likeness (QED) is 0.533. The van der Waals surface area contributed by atoms with Crippen LogP contribution >= 0.6 is 0 Å². The van der Waals surface area contributed by atoms with Crippen molar-refractivity contribution in [2.45, 2.75) is 25.0 Å². The van der Waals surface area contributed by atoms with E-state index < -0.39 is 5.60 Å². The number of nitrogen functional groups attached to an aromatic ring is 1. The van der Waals surface area contributed by atoms with Crippen molar-refractivity contribution in [1.29, 1.82) is 5.41 Å². The molecule has 20 heavy (non-hydrogen) atoms. The summed E-state index contributed by atoms with van der Waals surface area (Å²) in [4.78, 5) is 6.17. The van der Waals surface area contributed by atoms with E-state index in [2.05, 4.69) is 4.98 Å². The maximum atomic E-state index is 10.5. The van der Waals surface area contributed by atoms with E-state index >= 15 is 0 Å². The third-order valence-corrected chi connectivity index (χ3v) is 3.57. The van der Waals surface area contributed by atoms with Crippen LogP contribution in [-0.2, 0) is 11.3 Å². The number of nitrogens with one attached hydrogen (secondary N) is 1. The Labute approximate surface area is 119 Å². The lowest BCUT2D eigenvalue weighted by Crippen LogP contribution is -2.45. The SMILES string of the molecule is CN(Cc1cccnc1C(=N)N)CC1(O)CCOCC1. The fraction of sp³-hybridized carbons (Fsp3) is 0.571. The number of rotatable bonds is 5. The van der Waals surface area contributed by atoms with Crippen molar-refractivity contribution in [3.05, 3.63) is 29.6 Å². The summed E-state index contributed by atoms with van der Waals surface area (Å²) in [5.74, 6) is -0.0289. The third kappa shape index (κ3) is 3.75. The van der Waals surface area contributed by atoms with Crippen molar-refractivity contribution in [1.82, 2.24) is 9.88 Å². The summed E-state index contributed by atoms with van der Waals surface area (Å²) in [5.41, 5.74) is 6.26. The number of aliphatic hydroxyl groups is 1.